The Morgan fingerprint density at radius 1 is 0.828 bits per heavy atom. The molecule has 0 aliphatic carbocycles. The third-order valence-corrected chi connectivity index (χ3v) is 4.90. The molecule has 3 rings (SSSR count). The van der Waals surface area contributed by atoms with Crippen LogP contribution in [0.1, 0.15) is 22.3 Å². The number of aromatic nitrogens is 1. The van der Waals surface area contributed by atoms with Crippen LogP contribution in [-0.4, -0.2) is 4.98 Å². The van der Waals surface area contributed by atoms with E-state index in [0.29, 0.717) is 17.8 Å². The van der Waals surface area contributed by atoms with E-state index in [0.717, 1.165) is 28.0 Å². The van der Waals surface area contributed by atoms with Crippen molar-refractivity contribution < 1.29 is 26.3 Å². The molecule has 0 aliphatic rings. The van der Waals surface area contributed by atoms with Gasteiger partial charge in [-0.1, -0.05) is 12.1 Å². The van der Waals surface area contributed by atoms with Crippen LogP contribution in [0.3, 0.4) is 0 Å². The molecule has 1 aromatic heterocycles. The van der Waals surface area contributed by atoms with Crippen molar-refractivity contribution >= 4 is 39.1 Å². The van der Waals surface area contributed by atoms with Crippen LogP contribution in [0.2, 0.25) is 0 Å². The minimum absolute atomic E-state index is 0. The Kier molecular flexibility index (Phi) is 6.68. The number of nitrogens with one attached hydrogen (secondary N) is 1. The smallest absolute Gasteiger partial charge is 0.332 e. The van der Waals surface area contributed by atoms with Crippen LogP contribution in [0.15, 0.2) is 41.8 Å². The van der Waals surface area contributed by atoms with Crippen molar-refractivity contribution in [1.29, 1.82) is 0 Å². The first kappa shape index (κ1) is 23.2. The number of halogens is 7. The minimum atomic E-state index is -4.90. The first-order valence-electron chi connectivity index (χ1n) is 8.03. The molecule has 0 saturated carbocycles. The van der Waals surface area contributed by atoms with E-state index in [1.54, 1.807) is 5.38 Å². The first-order valence-corrected chi connectivity index (χ1v) is 8.91. The van der Waals surface area contributed by atoms with Gasteiger partial charge in [0.15, 0.2) is 5.13 Å². The number of nitrogens with zero attached hydrogens (tertiary/aromatic N) is 1. The van der Waals surface area contributed by atoms with Crippen molar-refractivity contribution in [2.24, 2.45) is 0 Å². The van der Waals surface area contributed by atoms with Gasteiger partial charge >= 0.3 is 12.4 Å². The summed E-state index contributed by atoms with van der Waals surface area (Å²) < 4.78 is 77.8. The van der Waals surface area contributed by atoms with Gasteiger partial charge in [0, 0.05) is 16.6 Å². The molecule has 1 heterocycles. The Morgan fingerprint density at radius 2 is 1.41 bits per heavy atom. The van der Waals surface area contributed by atoms with Crippen LogP contribution in [0.4, 0.5) is 37.2 Å². The topological polar surface area (TPSA) is 24.9 Å². The fourth-order valence-electron chi connectivity index (χ4n) is 2.52. The lowest BCUT2D eigenvalue weighted by Gasteiger charge is -2.14. The quantitative estimate of drug-likeness (QED) is 0.374. The highest BCUT2D eigenvalue weighted by atomic mass is 79.9. The second kappa shape index (κ2) is 8.35. The molecule has 2 aromatic carbocycles. The molecular formula is C19H15BrF6N2S. The molecule has 0 atom stereocenters. The highest BCUT2D eigenvalue weighted by molar-refractivity contribution is 8.93. The molecule has 2 nitrogen and oxygen atoms in total. The van der Waals surface area contributed by atoms with Gasteiger partial charge in [0.25, 0.3) is 0 Å². The summed E-state index contributed by atoms with van der Waals surface area (Å²) in [6.45, 7) is 3.89. The van der Waals surface area contributed by atoms with Crippen LogP contribution in [0.25, 0.3) is 11.3 Å². The maximum absolute atomic E-state index is 13.0. The van der Waals surface area contributed by atoms with Gasteiger partial charge in [-0.25, -0.2) is 4.98 Å². The lowest BCUT2D eigenvalue weighted by molar-refractivity contribution is -0.143. The fraction of sp³-hybridized carbons (Fsp3) is 0.211. The van der Waals surface area contributed by atoms with E-state index in [-0.39, 0.29) is 33.9 Å². The van der Waals surface area contributed by atoms with E-state index in [4.69, 9.17) is 0 Å². The van der Waals surface area contributed by atoms with E-state index in [2.05, 4.69) is 10.3 Å². The van der Waals surface area contributed by atoms with Gasteiger partial charge in [-0.05, 0) is 49.2 Å². The summed E-state index contributed by atoms with van der Waals surface area (Å²) in [5, 5.41) is 4.43. The average Bonchev–Trinajstić information content (AvgIpc) is 3.04. The van der Waals surface area contributed by atoms with E-state index in [9.17, 15) is 26.3 Å². The molecule has 0 spiro atoms. The van der Waals surface area contributed by atoms with Crippen molar-refractivity contribution in [2.45, 2.75) is 26.2 Å². The molecule has 0 radical (unpaired) electrons. The van der Waals surface area contributed by atoms with Crippen LogP contribution in [0.5, 0.6) is 0 Å². The summed E-state index contributed by atoms with van der Waals surface area (Å²) in [5.41, 5.74) is 0.453. The molecular weight excluding hydrogens is 482 g/mol. The predicted octanol–water partition coefficient (Wildman–Crippen LogP) is 7.79. The number of thiazole rings is 1. The Morgan fingerprint density at radius 3 is 1.93 bits per heavy atom. The third kappa shape index (κ3) is 5.51. The summed E-state index contributed by atoms with van der Waals surface area (Å²) in [7, 11) is 0. The molecule has 0 saturated heterocycles. The van der Waals surface area contributed by atoms with Gasteiger partial charge in [0.2, 0.25) is 0 Å². The highest BCUT2D eigenvalue weighted by Crippen LogP contribution is 2.38. The van der Waals surface area contributed by atoms with E-state index < -0.39 is 23.5 Å². The van der Waals surface area contributed by atoms with Gasteiger partial charge in [-0.2, -0.15) is 26.3 Å². The number of benzene rings is 2. The molecule has 0 fully saturated rings. The zero-order valence-corrected chi connectivity index (χ0v) is 17.6. The van der Waals surface area contributed by atoms with Crippen molar-refractivity contribution in [1.82, 2.24) is 4.98 Å². The molecule has 0 amide bonds. The molecule has 10 heteroatoms. The van der Waals surface area contributed by atoms with Crippen molar-refractivity contribution in [2.75, 3.05) is 5.32 Å². The molecule has 1 N–H and O–H groups in total. The second-order valence-electron chi connectivity index (χ2n) is 6.26. The monoisotopic (exact) mass is 496 g/mol. The number of aryl methyl sites for hydroxylation is 2. The van der Waals surface area contributed by atoms with Gasteiger partial charge in [-0.15, -0.1) is 28.3 Å². The number of rotatable bonds is 3. The Hall–Kier alpha value is -2.07. The van der Waals surface area contributed by atoms with E-state index in [1.807, 2.05) is 32.0 Å². The molecule has 0 aliphatic heterocycles. The number of alkyl halides is 6. The highest BCUT2D eigenvalue weighted by Gasteiger charge is 2.37. The van der Waals surface area contributed by atoms with Gasteiger partial charge in [-0.3, -0.25) is 0 Å². The van der Waals surface area contributed by atoms with Crippen molar-refractivity contribution in [3.8, 4) is 11.3 Å². The SMILES string of the molecule is Br.Cc1ccc(-c2csc(Nc3cc(C(F)(F)F)cc(C(F)(F)F)c3)n2)cc1C. The van der Waals surface area contributed by atoms with Gasteiger partial charge < -0.3 is 5.32 Å². The zero-order valence-electron chi connectivity index (χ0n) is 15.1. The largest absolute Gasteiger partial charge is 0.416 e. The maximum atomic E-state index is 13.0. The number of anilines is 2. The number of hydrogen-bond acceptors (Lipinski definition) is 3. The Balaban J connectivity index is 0.00000300. The normalized spacial score (nSPS) is 11.9. The van der Waals surface area contributed by atoms with E-state index >= 15 is 0 Å². The summed E-state index contributed by atoms with van der Waals surface area (Å²) >= 11 is 1.09. The summed E-state index contributed by atoms with van der Waals surface area (Å²) in [6, 6.07) is 7.04. The molecule has 0 unspecified atom stereocenters. The first-order chi connectivity index (χ1) is 12.9. The summed E-state index contributed by atoms with van der Waals surface area (Å²) in [5.74, 6) is 0. The maximum Gasteiger partial charge on any atom is 0.416 e. The molecule has 29 heavy (non-hydrogen) atoms. The lowest BCUT2D eigenvalue weighted by Crippen LogP contribution is -2.11. The van der Waals surface area contributed by atoms with Crippen LogP contribution in [-0.2, 0) is 12.4 Å². The van der Waals surface area contributed by atoms with Crippen molar-refractivity contribution in [3.63, 3.8) is 0 Å². The van der Waals surface area contributed by atoms with Crippen molar-refractivity contribution in [3.05, 3.63) is 64.0 Å². The van der Waals surface area contributed by atoms with Crippen LogP contribution in [0, 0.1) is 13.8 Å². The summed E-state index contributed by atoms with van der Waals surface area (Å²) in [4.78, 5) is 4.28. The fourth-order valence-corrected chi connectivity index (χ4v) is 3.25. The Labute approximate surface area is 177 Å². The van der Waals surface area contributed by atoms with E-state index in [1.165, 1.54) is 0 Å². The third-order valence-electron chi connectivity index (χ3n) is 4.15. The predicted molar refractivity (Wildman–Crippen MR) is 107 cm³/mol. The summed E-state index contributed by atoms with van der Waals surface area (Å²) in [6.07, 6.45) is -9.80. The van der Waals surface area contributed by atoms with Gasteiger partial charge in [0.05, 0.1) is 16.8 Å². The van der Waals surface area contributed by atoms with Crippen LogP contribution < -0.4 is 5.32 Å². The Bertz CT molecular complexity index is 978. The zero-order chi connectivity index (χ0) is 20.7. The van der Waals surface area contributed by atoms with Crippen LogP contribution >= 0.6 is 28.3 Å². The van der Waals surface area contributed by atoms with Gasteiger partial charge in [0.1, 0.15) is 0 Å². The second-order valence-corrected chi connectivity index (χ2v) is 7.11. The molecule has 0 bridgehead atoms. The standard InChI is InChI=1S/C19H14F6N2S.BrH/c1-10-3-4-12(5-11(10)2)16-9-28-17(27-16)26-15-7-13(18(20,21)22)6-14(8-15)19(23,24)25;/h3-9H,1-2H3,(H,26,27);1H. The molecule has 156 valence electrons. The average molecular weight is 497 g/mol. The molecule has 3 aromatic rings. The number of hydrogen-bond donors (Lipinski definition) is 1. The lowest BCUT2D eigenvalue weighted by atomic mass is 10.1. The minimum Gasteiger partial charge on any atom is -0.332 e.